The van der Waals surface area contributed by atoms with Crippen LogP contribution in [0.25, 0.3) is 5.57 Å². The maximum Gasteiger partial charge on any atom is 0.282 e. The molecule has 2 amide bonds. The van der Waals surface area contributed by atoms with Crippen molar-refractivity contribution in [3.63, 3.8) is 0 Å². The van der Waals surface area contributed by atoms with Crippen molar-refractivity contribution in [3.8, 4) is 11.5 Å². The van der Waals surface area contributed by atoms with E-state index in [1.165, 1.54) is 12.0 Å². The van der Waals surface area contributed by atoms with Gasteiger partial charge in [-0.05, 0) is 60.9 Å². The first-order valence-corrected chi connectivity index (χ1v) is 10.7. The molecule has 0 saturated heterocycles. The molecular formula is C26H23ClN2O4. The topological polar surface area (TPSA) is 67.9 Å². The van der Waals surface area contributed by atoms with Crippen LogP contribution in [-0.2, 0) is 9.59 Å². The van der Waals surface area contributed by atoms with Crippen LogP contribution in [-0.4, -0.2) is 26.0 Å². The molecule has 0 aromatic heterocycles. The summed E-state index contributed by atoms with van der Waals surface area (Å²) >= 11 is 6.05. The van der Waals surface area contributed by atoms with Crippen LogP contribution in [0.15, 0.2) is 66.4 Å². The number of carbonyl (C=O) groups is 2. The molecule has 4 rings (SSSR count). The van der Waals surface area contributed by atoms with Gasteiger partial charge in [-0.1, -0.05) is 35.9 Å². The largest absolute Gasteiger partial charge is 0.493 e. The zero-order valence-corrected chi connectivity index (χ0v) is 19.5. The first kappa shape index (κ1) is 22.4. The molecule has 0 fully saturated rings. The number of benzene rings is 3. The van der Waals surface area contributed by atoms with Crippen LogP contribution < -0.4 is 19.7 Å². The Morgan fingerprint density at radius 1 is 0.818 bits per heavy atom. The van der Waals surface area contributed by atoms with E-state index in [4.69, 9.17) is 21.1 Å². The molecule has 0 aliphatic carbocycles. The predicted octanol–water partition coefficient (Wildman–Crippen LogP) is 5.37. The number of methoxy groups -OCH3 is 2. The molecule has 0 spiro atoms. The number of anilines is 2. The first-order valence-electron chi connectivity index (χ1n) is 10.3. The minimum absolute atomic E-state index is 0.176. The lowest BCUT2D eigenvalue weighted by Gasteiger charge is -2.18. The lowest BCUT2D eigenvalue weighted by atomic mass is 10.0. The molecule has 1 aliphatic heterocycles. The molecule has 1 aliphatic rings. The van der Waals surface area contributed by atoms with Gasteiger partial charge in [-0.15, -0.1) is 0 Å². The van der Waals surface area contributed by atoms with Crippen molar-refractivity contribution in [3.05, 3.63) is 88.1 Å². The van der Waals surface area contributed by atoms with Gasteiger partial charge in [0.2, 0.25) is 0 Å². The second-order valence-corrected chi connectivity index (χ2v) is 8.12. The number of ether oxygens (including phenoxy) is 2. The number of amides is 2. The Morgan fingerprint density at radius 2 is 1.52 bits per heavy atom. The summed E-state index contributed by atoms with van der Waals surface area (Å²) in [4.78, 5) is 28.5. The number of nitrogens with zero attached hydrogens (tertiary/aromatic N) is 1. The number of carbonyl (C=O) groups excluding carboxylic acids is 2. The molecular weight excluding hydrogens is 440 g/mol. The van der Waals surface area contributed by atoms with Crippen molar-refractivity contribution in [2.24, 2.45) is 0 Å². The first-order chi connectivity index (χ1) is 15.8. The highest BCUT2D eigenvalue weighted by atomic mass is 35.5. The summed E-state index contributed by atoms with van der Waals surface area (Å²) < 4.78 is 10.7. The molecule has 33 heavy (non-hydrogen) atoms. The molecule has 1 N–H and O–H groups in total. The Morgan fingerprint density at radius 3 is 2.18 bits per heavy atom. The van der Waals surface area contributed by atoms with Crippen LogP contribution in [0.3, 0.4) is 0 Å². The summed E-state index contributed by atoms with van der Waals surface area (Å²) in [6.07, 6.45) is 0. The normalized spacial score (nSPS) is 13.5. The fourth-order valence-corrected chi connectivity index (χ4v) is 3.89. The van der Waals surface area contributed by atoms with Crippen LogP contribution in [0.4, 0.5) is 11.4 Å². The van der Waals surface area contributed by atoms with Crippen molar-refractivity contribution in [1.82, 2.24) is 0 Å². The number of hydrogen-bond donors (Lipinski definition) is 1. The van der Waals surface area contributed by atoms with Gasteiger partial charge in [0.15, 0.2) is 11.5 Å². The molecule has 168 valence electrons. The van der Waals surface area contributed by atoms with Gasteiger partial charge in [0.1, 0.15) is 5.70 Å². The SMILES string of the molecule is COc1ccc(NC2=C(c3ccc(Cl)cc3)C(=O)N(c3cc(C)ccc3C)C2=O)cc1OC. The minimum atomic E-state index is -0.437. The molecule has 1 heterocycles. The highest BCUT2D eigenvalue weighted by Gasteiger charge is 2.41. The number of hydrogen-bond acceptors (Lipinski definition) is 5. The van der Waals surface area contributed by atoms with Crippen LogP contribution >= 0.6 is 11.6 Å². The smallest absolute Gasteiger partial charge is 0.282 e. The van der Waals surface area contributed by atoms with E-state index in [0.29, 0.717) is 33.5 Å². The molecule has 7 heteroatoms. The third-order valence-electron chi connectivity index (χ3n) is 5.48. The molecule has 6 nitrogen and oxygen atoms in total. The van der Waals surface area contributed by atoms with E-state index >= 15 is 0 Å². The summed E-state index contributed by atoms with van der Waals surface area (Å²) in [7, 11) is 3.08. The van der Waals surface area contributed by atoms with Crippen molar-refractivity contribution in [2.45, 2.75) is 13.8 Å². The second kappa shape index (κ2) is 9.00. The van der Waals surface area contributed by atoms with Gasteiger partial charge in [0.25, 0.3) is 11.8 Å². The summed E-state index contributed by atoms with van der Waals surface area (Å²) in [6, 6.07) is 17.7. The Kier molecular flexibility index (Phi) is 6.11. The maximum absolute atomic E-state index is 13.6. The van der Waals surface area contributed by atoms with Crippen LogP contribution in [0, 0.1) is 13.8 Å². The van der Waals surface area contributed by atoms with Crippen molar-refractivity contribution >= 4 is 40.4 Å². The zero-order chi connectivity index (χ0) is 23.7. The van der Waals surface area contributed by atoms with Gasteiger partial charge in [0, 0.05) is 16.8 Å². The van der Waals surface area contributed by atoms with Crippen molar-refractivity contribution in [1.29, 1.82) is 0 Å². The van der Waals surface area contributed by atoms with E-state index in [-0.39, 0.29) is 11.3 Å². The third-order valence-corrected chi connectivity index (χ3v) is 5.73. The quantitative estimate of drug-likeness (QED) is 0.499. The molecule has 0 unspecified atom stereocenters. The summed E-state index contributed by atoms with van der Waals surface area (Å²) in [6.45, 7) is 3.79. The summed E-state index contributed by atoms with van der Waals surface area (Å²) in [5.41, 5.74) is 3.95. The molecule has 0 bridgehead atoms. The Labute approximate surface area is 197 Å². The Bertz CT molecular complexity index is 1280. The monoisotopic (exact) mass is 462 g/mol. The standard InChI is InChI=1S/C26H23ClN2O4/c1-15-5-6-16(2)20(13-15)29-25(30)23(17-7-9-18(27)10-8-17)24(26(29)31)28-19-11-12-21(32-3)22(14-19)33-4/h5-14,28H,1-4H3. The van der Waals surface area contributed by atoms with Gasteiger partial charge >= 0.3 is 0 Å². The molecule has 0 radical (unpaired) electrons. The van der Waals surface area contributed by atoms with E-state index < -0.39 is 11.8 Å². The lowest BCUT2D eigenvalue weighted by molar-refractivity contribution is -0.120. The van der Waals surface area contributed by atoms with Crippen molar-refractivity contribution < 1.29 is 19.1 Å². The Hall–Kier alpha value is -3.77. The second-order valence-electron chi connectivity index (χ2n) is 7.69. The molecule has 3 aromatic carbocycles. The lowest BCUT2D eigenvalue weighted by Crippen LogP contribution is -2.33. The molecule has 0 saturated carbocycles. The molecule has 3 aromatic rings. The predicted molar refractivity (Wildman–Crippen MR) is 130 cm³/mol. The number of rotatable bonds is 6. The van der Waals surface area contributed by atoms with E-state index in [0.717, 1.165) is 11.1 Å². The van der Waals surface area contributed by atoms with E-state index in [2.05, 4.69) is 5.32 Å². The molecule has 0 atom stereocenters. The van der Waals surface area contributed by atoms with Gasteiger partial charge < -0.3 is 14.8 Å². The van der Waals surface area contributed by atoms with Gasteiger partial charge in [0.05, 0.1) is 25.5 Å². The van der Waals surface area contributed by atoms with E-state index in [1.54, 1.807) is 49.6 Å². The van der Waals surface area contributed by atoms with E-state index in [9.17, 15) is 9.59 Å². The average Bonchev–Trinajstić information content (AvgIpc) is 3.05. The minimum Gasteiger partial charge on any atom is -0.493 e. The van der Waals surface area contributed by atoms with E-state index in [1.807, 2.05) is 32.0 Å². The number of imide groups is 1. The summed E-state index contributed by atoms with van der Waals surface area (Å²) in [5.74, 6) is 0.215. The number of nitrogens with one attached hydrogen (secondary N) is 1. The highest BCUT2D eigenvalue weighted by molar-refractivity contribution is 6.46. The zero-order valence-electron chi connectivity index (χ0n) is 18.7. The fraction of sp³-hybridized carbons (Fsp3) is 0.154. The average molecular weight is 463 g/mol. The number of halogens is 1. The van der Waals surface area contributed by atoms with Gasteiger partial charge in [-0.3, -0.25) is 9.59 Å². The maximum atomic E-state index is 13.6. The Balaban J connectivity index is 1.84. The van der Waals surface area contributed by atoms with Gasteiger partial charge in [-0.25, -0.2) is 4.90 Å². The highest BCUT2D eigenvalue weighted by Crippen LogP contribution is 2.37. The van der Waals surface area contributed by atoms with Crippen molar-refractivity contribution in [2.75, 3.05) is 24.4 Å². The third kappa shape index (κ3) is 4.17. The fourth-order valence-electron chi connectivity index (χ4n) is 3.77. The van der Waals surface area contributed by atoms with Crippen LogP contribution in [0.2, 0.25) is 5.02 Å². The van der Waals surface area contributed by atoms with Crippen LogP contribution in [0.1, 0.15) is 16.7 Å². The summed E-state index contributed by atoms with van der Waals surface area (Å²) in [5, 5.41) is 3.68. The number of aryl methyl sites for hydroxylation is 2. The van der Waals surface area contributed by atoms with Crippen LogP contribution in [0.5, 0.6) is 11.5 Å². The van der Waals surface area contributed by atoms with Gasteiger partial charge in [-0.2, -0.15) is 0 Å².